The van der Waals surface area contributed by atoms with Gasteiger partial charge in [0.15, 0.2) is 0 Å². The predicted octanol–water partition coefficient (Wildman–Crippen LogP) is 3.33. The van der Waals surface area contributed by atoms with E-state index < -0.39 is 0 Å². The smallest absolute Gasteiger partial charge is 0.251 e. The van der Waals surface area contributed by atoms with Crippen molar-refractivity contribution in [1.29, 1.82) is 0 Å². The summed E-state index contributed by atoms with van der Waals surface area (Å²) in [5.74, 6) is 1.40. The average molecular weight is 299 g/mol. The van der Waals surface area contributed by atoms with Crippen LogP contribution in [-0.2, 0) is 6.61 Å². The van der Waals surface area contributed by atoms with E-state index in [4.69, 9.17) is 9.47 Å². The Bertz CT molecular complexity index is 635. The van der Waals surface area contributed by atoms with E-state index in [9.17, 15) is 4.79 Å². The SMILES string of the molecule is CCOc1ccc(C(=O)NC)cc1COc1ccc(C)cc1. The highest BCUT2D eigenvalue weighted by Gasteiger charge is 2.10. The van der Waals surface area contributed by atoms with E-state index in [1.807, 2.05) is 44.2 Å². The lowest BCUT2D eigenvalue weighted by atomic mass is 10.1. The van der Waals surface area contributed by atoms with Gasteiger partial charge in [0.25, 0.3) is 5.91 Å². The molecule has 0 fully saturated rings. The third-order valence-corrected chi connectivity index (χ3v) is 3.26. The molecule has 0 aliphatic heterocycles. The van der Waals surface area contributed by atoms with Gasteiger partial charge in [-0.15, -0.1) is 0 Å². The number of rotatable bonds is 6. The van der Waals surface area contributed by atoms with E-state index in [1.165, 1.54) is 5.56 Å². The number of hydrogen-bond donors (Lipinski definition) is 1. The molecule has 4 heteroatoms. The summed E-state index contributed by atoms with van der Waals surface area (Å²) < 4.78 is 11.4. The maximum atomic E-state index is 11.8. The van der Waals surface area contributed by atoms with Gasteiger partial charge in [-0.1, -0.05) is 17.7 Å². The number of amides is 1. The van der Waals surface area contributed by atoms with Crippen molar-refractivity contribution >= 4 is 5.91 Å². The van der Waals surface area contributed by atoms with Crippen LogP contribution in [0.3, 0.4) is 0 Å². The topological polar surface area (TPSA) is 47.6 Å². The molecule has 0 bridgehead atoms. The number of ether oxygens (including phenoxy) is 2. The fourth-order valence-electron chi connectivity index (χ4n) is 2.07. The van der Waals surface area contributed by atoms with Gasteiger partial charge < -0.3 is 14.8 Å². The van der Waals surface area contributed by atoms with Crippen molar-refractivity contribution < 1.29 is 14.3 Å². The lowest BCUT2D eigenvalue weighted by Crippen LogP contribution is -2.18. The molecule has 1 N–H and O–H groups in total. The zero-order chi connectivity index (χ0) is 15.9. The van der Waals surface area contributed by atoms with Crippen molar-refractivity contribution in [3.63, 3.8) is 0 Å². The van der Waals surface area contributed by atoms with E-state index in [2.05, 4.69) is 5.32 Å². The highest BCUT2D eigenvalue weighted by Crippen LogP contribution is 2.23. The molecular formula is C18H21NO3. The zero-order valence-electron chi connectivity index (χ0n) is 13.2. The highest BCUT2D eigenvalue weighted by atomic mass is 16.5. The van der Waals surface area contributed by atoms with E-state index in [0.29, 0.717) is 18.8 Å². The first kappa shape index (κ1) is 15.9. The van der Waals surface area contributed by atoms with E-state index in [0.717, 1.165) is 17.1 Å². The third kappa shape index (κ3) is 4.01. The Morgan fingerprint density at radius 3 is 2.45 bits per heavy atom. The standard InChI is InChI=1S/C18H21NO3/c1-4-21-17-10-7-14(18(20)19-3)11-15(17)12-22-16-8-5-13(2)6-9-16/h5-11H,4,12H2,1-3H3,(H,19,20). The molecule has 2 aromatic rings. The third-order valence-electron chi connectivity index (χ3n) is 3.26. The van der Waals surface area contributed by atoms with Gasteiger partial charge in [-0.05, 0) is 44.2 Å². The van der Waals surface area contributed by atoms with Gasteiger partial charge >= 0.3 is 0 Å². The van der Waals surface area contributed by atoms with Gasteiger partial charge in [-0.2, -0.15) is 0 Å². The molecule has 0 aromatic heterocycles. The van der Waals surface area contributed by atoms with E-state index >= 15 is 0 Å². The van der Waals surface area contributed by atoms with Crippen LogP contribution in [0.25, 0.3) is 0 Å². The van der Waals surface area contributed by atoms with Crippen LogP contribution >= 0.6 is 0 Å². The Morgan fingerprint density at radius 1 is 1.09 bits per heavy atom. The van der Waals surface area contributed by atoms with Gasteiger partial charge in [0.1, 0.15) is 18.1 Å². The second-order valence-electron chi connectivity index (χ2n) is 4.94. The van der Waals surface area contributed by atoms with Crippen molar-refractivity contribution in [2.24, 2.45) is 0 Å². The minimum absolute atomic E-state index is 0.125. The first-order chi connectivity index (χ1) is 10.6. The summed E-state index contributed by atoms with van der Waals surface area (Å²) in [5.41, 5.74) is 2.63. The Hall–Kier alpha value is -2.49. The number of carbonyl (C=O) groups is 1. The summed E-state index contributed by atoms with van der Waals surface area (Å²) in [7, 11) is 1.61. The molecule has 0 atom stereocenters. The Morgan fingerprint density at radius 2 is 1.82 bits per heavy atom. The average Bonchev–Trinajstić information content (AvgIpc) is 2.55. The summed E-state index contributed by atoms with van der Waals surface area (Å²) in [6, 6.07) is 13.2. The fraction of sp³-hybridized carbons (Fsp3) is 0.278. The monoisotopic (exact) mass is 299 g/mol. The summed E-state index contributed by atoms with van der Waals surface area (Å²) in [5, 5.41) is 2.62. The van der Waals surface area contributed by atoms with Gasteiger partial charge in [0.2, 0.25) is 0 Å². The second kappa shape index (κ2) is 7.50. The minimum Gasteiger partial charge on any atom is -0.493 e. The van der Waals surface area contributed by atoms with Crippen LogP contribution in [-0.4, -0.2) is 19.6 Å². The van der Waals surface area contributed by atoms with Gasteiger partial charge in [0, 0.05) is 18.2 Å². The molecule has 2 rings (SSSR count). The number of carbonyl (C=O) groups excluding carboxylic acids is 1. The Kier molecular flexibility index (Phi) is 5.42. The maximum absolute atomic E-state index is 11.8. The van der Waals surface area contributed by atoms with Crippen molar-refractivity contribution in [3.8, 4) is 11.5 Å². The lowest BCUT2D eigenvalue weighted by Gasteiger charge is -2.13. The van der Waals surface area contributed by atoms with Crippen LogP contribution in [0.5, 0.6) is 11.5 Å². The Labute approximate surface area is 131 Å². The van der Waals surface area contributed by atoms with Crippen molar-refractivity contribution in [2.75, 3.05) is 13.7 Å². The first-order valence-electron chi connectivity index (χ1n) is 7.31. The Balaban J connectivity index is 2.18. The normalized spacial score (nSPS) is 10.1. The van der Waals surface area contributed by atoms with Gasteiger partial charge in [-0.3, -0.25) is 4.79 Å². The van der Waals surface area contributed by atoms with Crippen molar-refractivity contribution in [1.82, 2.24) is 5.32 Å². The molecular weight excluding hydrogens is 278 g/mol. The molecule has 116 valence electrons. The molecule has 0 aliphatic carbocycles. The van der Waals surface area contributed by atoms with Crippen LogP contribution in [0.2, 0.25) is 0 Å². The molecule has 0 saturated heterocycles. The number of nitrogens with one attached hydrogen (secondary N) is 1. The lowest BCUT2D eigenvalue weighted by molar-refractivity contribution is 0.0963. The molecule has 0 aliphatic rings. The molecule has 0 spiro atoms. The molecule has 2 aromatic carbocycles. The molecule has 1 amide bonds. The molecule has 0 saturated carbocycles. The molecule has 4 nitrogen and oxygen atoms in total. The summed E-state index contributed by atoms with van der Waals surface area (Å²) in [4.78, 5) is 11.8. The molecule has 22 heavy (non-hydrogen) atoms. The summed E-state index contributed by atoms with van der Waals surface area (Å²) >= 11 is 0. The van der Waals surface area contributed by atoms with Crippen molar-refractivity contribution in [3.05, 3.63) is 59.2 Å². The predicted molar refractivity (Wildman–Crippen MR) is 86.5 cm³/mol. The second-order valence-corrected chi connectivity index (χ2v) is 4.94. The number of benzene rings is 2. The number of aryl methyl sites for hydroxylation is 1. The maximum Gasteiger partial charge on any atom is 0.251 e. The van der Waals surface area contributed by atoms with Crippen LogP contribution in [0, 0.1) is 6.92 Å². The van der Waals surface area contributed by atoms with Gasteiger partial charge in [0.05, 0.1) is 6.61 Å². The number of hydrogen-bond acceptors (Lipinski definition) is 3. The zero-order valence-corrected chi connectivity index (χ0v) is 13.2. The molecule has 0 radical (unpaired) electrons. The molecule has 0 unspecified atom stereocenters. The van der Waals surface area contributed by atoms with E-state index in [1.54, 1.807) is 19.2 Å². The van der Waals surface area contributed by atoms with Crippen molar-refractivity contribution in [2.45, 2.75) is 20.5 Å². The largest absolute Gasteiger partial charge is 0.493 e. The highest BCUT2D eigenvalue weighted by molar-refractivity contribution is 5.94. The van der Waals surface area contributed by atoms with Crippen LogP contribution in [0.1, 0.15) is 28.4 Å². The summed E-state index contributed by atoms with van der Waals surface area (Å²) in [6.45, 7) is 4.88. The fourth-order valence-corrected chi connectivity index (χ4v) is 2.07. The van der Waals surface area contributed by atoms with Crippen LogP contribution in [0.15, 0.2) is 42.5 Å². The first-order valence-corrected chi connectivity index (χ1v) is 7.31. The molecule has 0 heterocycles. The van der Waals surface area contributed by atoms with Crippen LogP contribution in [0.4, 0.5) is 0 Å². The quantitative estimate of drug-likeness (QED) is 0.890. The summed E-state index contributed by atoms with van der Waals surface area (Å²) in [6.07, 6.45) is 0. The van der Waals surface area contributed by atoms with E-state index in [-0.39, 0.29) is 5.91 Å². The van der Waals surface area contributed by atoms with Crippen LogP contribution < -0.4 is 14.8 Å². The van der Waals surface area contributed by atoms with Gasteiger partial charge in [-0.25, -0.2) is 0 Å². The minimum atomic E-state index is -0.125.